The monoisotopic (exact) mass is 364 g/mol. The predicted octanol–water partition coefficient (Wildman–Crippen LogP) is 3.19. The van der Waals surface area contributed by atoms with Crippen molar-refractivity contribution in [3.8, 4) is 5.75 Å². The minimum absolute atomic E-state index is 0.0460. The SMILES string of the molecule is Cc1ccc(OCC(=O)NCCc2cc3cc(C)c(C)cc3[nH]c2=O)cc1. The number of aromatic nitrogens is 1. The number of pyridine rings is 1. The molecular weight excluding hydrogens is 340 g/mol. The Bertz CT molecular complexity index is 1020. The third kappa shape index (κ3) is 4.76. The van der Waals surface area contributed by atoms with E-state index < -0.39 is 0 Å². The quantitative estimate of drug-likeness (QED) is 0.706. The first-order valence-electron chi connectivity index (χ1n) is 9.02. The lowest BCUT2D eigenvalue weighted by Gasteiger charge is -2.09. The van der Waals surface area contributed by atoms with Crippen LogP contribution in [0.1, 0.15) is 22.3 Å². The number of carbonyl (C=O) groups excluding carboxylic acids is 1. The Balaban J connectivity index is 1.55. The number of fused-ring (bicyclic) bond motifs is 1. The van der Waals surface area contributed by atoms with Gasteiger partial charge in [0.25, 0.3) is 11.5 Å². The molecule has 0 radical (unpaired) electrons. The van der Waals surface area contributed by atoms with Crippen LogP contribution in [0, 0.1) is 20.8 Å². The summed E-state index contributed by atoms with van der Waals surface area (Å²) in [6.07, 6.45) is 0.467. The molecule has 3 rings (SSSR count). The molecule has 5 nitrogen and oxygen atoms in total. The molecule has 140 valence electrons. The van der Waals surface area contributed by atoms with E-state index >= 15 is 0 Å². The summed E-state index contributed by atoms with van der Waals surface area (Å²) in [7, 11) is 0. The van der Waals surface area contributed by atoms with E-state index in [9.17, 15) is 9.59 Å². The van der Waals surface area contributed by atoms with E-state index in [-0.39, 0.29) is 18.1 Å². The molecule has 1 aromatic heterocycles. The number of hydrogen-bond donors (Lipinski definition) is 2. The minimum Gasteiger partial charge on any atom is -0.484 e. The van der Waals surface area contributed by atoms with Gasteiger partial charge in [0, 0.05) is 17.6 Å². The Morgan fingerprint density at radius 2 is 1.74 bits per heavy atom. The number of H-pyrrole nitrogens is 1. The van der Waals surface area contributed by atoms with Crippen LogP contribution in [0.5, 0.6) is 5.75 Å². The summed E-state index contributed by atoms with van der Waals surface area (Å²) in [4.78, 5) is 27.1. The Labute approximate surface area is 158 Å². The highest BCUT2D eigenvalue weighted by atomic mass is 16.5. The Morgan fingerprint density at radius 3 is 2.48 bits per heavy atom. The third-order valence-corrected chi connectivity index (χ3v) is 4.64. The van der Waals surface area contributed by atoms with Crippen molar-refractivity contribution in [2.75, 3.05) is 13.2 Å². The van der Waals surface area contributed by atoms with E-state index in [1.54, 1.807) is 0 Å². The molecule has 2 N–H and O–H groups in total. The van der Waals surface area contributed by atoms with Gasteiger partial charge in [-0.3, -0.25) is 9.59 Å². The smallest absolute Gasteiger partial charge is 0.257 e. The van der Waals surface area contributed by atoms with Crippen molar-refractivity contribution in [1.82, 2.24) is 10.3 Å². The van der Waals surface area contributed by atoms with Crippen LogP contribution in [0.25, 0.3) is 10.9 Å². The number of nitrogens with one attached hydrogen (secondary N) is 2. The van der Waals surface area contributed by atoms with Crippen LogP contribution in [0.4, 0.5) is 0 Å². The van der Waals surface area contributed by atoms with Gasteiger partial charge >= 0.3 is 0 Å². The van der Waals surface area contributed by atoms with Gasteiger partial charge in [0.2, 0.25) is 0 Å². The van der Waals surface area contributed by atoms with Crippen molar-refractivity contribution < 1.29 is 9.53 Å². The summed E-state index contributed by atoms with van der Waals surface area (Å²) >= 11 is 0. The van der Waals surface area contributed by atoms with Crippen molar-refractivity contribution in [1.29, 1.82) is 0 Å². The van der Waals surface area contributed by atoms with E-state index in [1.165, 1.54) is 5.56 Å². The molecule has 0 saturated heterocycles. The maximum Gasteiger partial charge on any atom is 0.257 e. The number of aryl methyl sites for hydroxylation is 3. The zero-order valence-corrected chi connectivity index (χ0v) is 15.9. The highest BCUT2D eigenvalue weighted by Gasteiger charge is 2.07. The number of hydrogen-bond acceptors (Lipinski definition) is 3. The second-order valence-corrected chi connectivity index (χ2v) is 6.85. The highest BCUT2D eigenvalue weighted by Crippen LogP contribution is 2.17. The van der Waals surface area contributed by atoms with E-state index in [0.29, 0.717) is 24.3 Å². The summed E-state index contributed by atoms with van der Waals surface area (Å²) in [5.74, 6) is 0.451. The first-order valence-corrected chi connectivity index (χ1v) is 9.02. The highest BCUT2D eigenvalue weighted by molar-refractivity contribution is 5.81. The van der Waals surface area contributed by atoms with Crippen LogP contribution in [0.3, 0.4) is 0 Å². The van der Waals surface area contributed by atoms with Gasteiger partial charge in [0.1, 0.15) is 5.75 Å². The number of rotatable bonds is 6. The van der Waals surface area contributed by atoms with Crippen LogP contribution in [0.15, 0.2) is 47.3 Å². The third-order valence-electron chi connectivity index (χ3n) is 4.64. The number of carbonyl (C=O) groups is 1. The lowest BCUT2D eigenvalue weighted by molar-refractivity contribution is -0.123. The van der Waals surface area contributed by atoms with Gasteiger partial charge in [0.15, 0.2) is 6.61 Å². The molecule has 3 aromatic rings. The fourth-order valence-corrected chi connectivity index (χ4v) is 2.88. The van der Waals surface area contributed by atoms with Crippen molar-refractivity contribution >= 4 is 16.8 Å². The average molecular weight is 364 g/mol. The van der Waals surface area contributed by atoms with Gasteiger partial charge in [-0.25, -0.2) is 0 Å². The number of benzene rings is 2. The topological polar surface area (TPSA) is 71.2 Å². The summed E-state index contributed by atoms with van der Waals surface area (Å²) in [6, 6.07) is 13.5. The summed E-state index contributed by atoms with van der Waals surface area (Å²) in [5.41, 5.74) is 4.84. The molecule has 27 heavy (non-hydrogen) atoms. The largest absolute Gasteiger partial charge is 0.484 e. The van der Waals surface area contributed by atoms with E-state index in [2.05, 4.69) is 16.4 Å². The summed E-state index contributed by atoms with van der Waals surface area (Å²) < 4.78 is 5.45. The van der Waals surface area contributed by atoms with Gasteiger partial charge in [-0.2, -0.15) is 0 Å². The lowest BCUT2D eigenvalue weighted by Crippen LogP contribution is -2.31. The van der Waals surface area contributed by atoms with Gasteiger partial charge in [-0.05, 0) is 74.0 Å². The molecule has 0 atom stereocenters. The second-order valence-electron chi connectivity index (χ2n) is 6.85. The Hall–Kier alpha value is -3.08. The molecule has 0 aliphatic carbocycles. The first-order chi connectivity index (χ1) is 12.9. The van der Waals surface area contributed by atoms with Crippen LogP contribution < -0.4 is 15.6 Å². The van der Waals surface area contributed by atoms with Crippen LogP contribution in [0.2, 0.25) is 0 Å². The molecule has 0 unspecified atom stereocenters. The van der Waals surface area contributed by atoms with Crippen molar-refractivity contribution in [2.45, 2.75) is 27.2 Å². The molecule has 2 aromatic carbocycles. The van der Waals surface area contributed by atoms with Crippen LogP contribution in [-0.4, -0.2) is 24.0 Å². The minimum atomic E-state index is -0.209. The van der Waals surface area contributed by atoms with E-state index in [0.717, 1.165) is 22.0 Å². The molecule has 0 bridgehead atoms. The maximum atomic E-state index is 12.3. The number of aromatic amines is 1. The van der Waals surface area contributed by atoms with Gasteiger partial charge in [0.05, 0.1) is 0 Å². The molecule has 1 amide bonds. The lowest BCUT2D eigenvalue weighted by atomic mass is 10.0. The van der Waals surface area contributed by atoms with Crippen LogP contribution >= 0.6 is 0 Å². The molecule has 1 heterocycles. The molecular formula is C22H24N2O3. The first kappa shape index (κ1) is 18.7. The van der Waals surface area contributed by atoms with Gasteiger partial charge in [-0.15, -0.1) is 0 Å². The molecule has 0 fully saturated rings. The van der Waals surface area contributed by atoms with E-state index in [4.69, 9.17) is 4.74 Å². The fourth-order valence-electron chi connectivity index (χ4n) is 2.88. The van der Waals surface area contributed by atoms with Crippen molar-refractivity contribution in [2.24, 2.45) is 0 Å². The fraction of sp³-hybridized carbons (Fsp3) is 0.273. The average Bonchev–Trinajstić information content (AvgIpc) is 2.63. The molecule has 5 heteroatoms. The predicted molar refractivity (Wildman–Crippen MR) is 107 cm³/mol. The number of amides is 1. The Morgan fingerprint density at radius 1 is 1.04 bits per heavy atom. The normalized spacial score (nSPS) is 10.8. The van der Waals surface area contributed by atoms with Crippen molar-refractivity contribution in [3.63, 3.8) is 0 Å². The molecule has 0 saturated carbocycles. The Kier molecular flexibility index (Phi) is 5.60. The van der Waals surface area contributed by atoms with Crippen LogP contribution in [-0.2, 0) is 11.2 Å². The maximum absolute atomic E-state index is 12.3. The zero-order valence-electron chi connectivity index (χ0n) is 15.9. The molecule has 0 aliphatic rings. The standard InChI is InChI=1S/C22H24N2O3/c1-14-4-6-19(7-5-14)27-13-21(25)23-9-8-17-12-18-10-15(2)16(3)11-20(18)24-22(17)26/h4-7,10-12H,8-9,13H2,1-3H3,(H,23,25)(H,24,26). The van der Waals surface area contributed by atoms with Gasteiger partial charge < -0.3 is 15.0 Å². The molecule has 0 aliphatic heterocycles. The summed E-state index contributed by atoms with van der Waals surface area (Å²) in [6.45, 7) is 6.40. The van der Waals surface area contributed by atoms with Crippen molar-refractivity contribution in [3.05, 3.63) is 75.1 Å². The summed E-state index contributed by atoms with van der Waals surface area (Å²) in [5, 5.41) is 3.79. The molecule has 0 spiro atoms. The zero-order chi connectivity index (χ0) is 19.4. The van der Waals surface area contributed by atoms with Gasteiger partial charge in [-0.1, -0.05) is 17.7 Å². The second kappa shape index (κ2) is 8.08. The van der Waals surface area contributed by atoms with E-state index in [1.807, 2.05) is 57.2 Å². The number of ether oxygens (including phenoxy) is 1.